The highest BCUT2D eigenvalue weighted by Crippen LogP contribution is 2.19. The van der Waals surface area contributed by atoms with Crippen molar-refractivity contribution >= 4 is 15.9 Å². The van der Waals surface area contributed by atoms with E-state index in [1.807, 2.05) is 18.2 Å². The SMILES string of the molecule is COc1ccc(S(=O)(=O)NCC(=O)N2CCc3ccccc3C2)cc1. The zero-order valence-electron chi connectivity index (χ0n) is 13.9. The summed E-state index contributed by atoms with van der Waals surface area (Å²) in [5.41, 5.74) is 2.35. The Balaban J connectivity index is 1.62. The fraction of sp³-hybridized carbons (Fsp3) is 0.278. The molecule has 1 heterocycles. The maximum atomic E-state index is 12.4. The van der Waals surface area contributed by atoms with Gasteiger partial charge in [0.2, 0.25) is 15.9 Å². The first-order valence-electron chi connectivity index (χ1n) is 7.98. The summed E-state index contributed by atoms with van der Waals surface area (Å²) in [5.74, 6) is 0.341. The van der Waals surface area contributed by atoms with Crippen LogP contribution in [0.1, 0.15) is 11.1 Å². The number of nitrogens with zero attached hydrogens (tertiary/aromatic N) is 1. The lowest BCUT2D eigenvalue weighted by atomic mass is 10.00. The quantitative estimate of drug-likeness (QED) is 0.878. The maximum Gasteiger partial charge on any atom is 0.241 e. The van der Waals surface area contributed by atoms with E-state index in [1.165, 1.54) is 24.8 Å². The second kappa shape index (κ2) is 7.25. The van der Waals surface area contributed by atoms with Crippen molar-refractivity contribution in [3.63, 3.8) is 0 Å². The zero-order valence-corrected chi connectivity index (χ0v) is 14.8. The van der Waals surface area contributed by atoms with Crippen LogP contribution in [0.4, 0.5) is 0 Å². The monoisotopic (exact) mass is 360 g/mol. The number of hydrogen-bond acceptors (Lipinski definition) is 4. The van der Waals surface area contributed by atoms with Gasteiger partial charge in [-0.25, -0.2) is 13.1 Å². The Hall–Kier alpha value is -2.38. The molecule has 0 aliphatic carbocycles. The summed E-state index contributed by atoms with van der Waals surface area (Å²) in [6.07, 6.45) is 0.785. The highest BCUT2D eigenvalue weighted by Gasteiger charge is 2.22. The zero-order chi connectivity index (χ0) is 17.9. The van der Waals surface area contributed by atoms with Crippen LogP contribution in [0.5, 0.6) is 5.75 Å². The third kappa shape index (κ3) is 4.00. The molecule has 3 rings (SSSR count). The van der Waals surface area contributed by atoms with Crippen LogP contribution >= 0.6 is 0 Å². The van der Waals surface area contributed by atoms with Crippen LogP contribution in [-0.4, -0.2) is 39.4 Å². The number of fused-ring (bicyclic) bond motifs is 1. The minimum absolute atomic E-state index is 0.102. The molecule has 0 radical (unpaired) electrons. The van der Waals surface area contributed by atoms with E-state index in [1.54, 1.807) is 17.0 Å². The van der Waals surface area contributed by atoms with Crippen molar-refractivity contribution in [1.82, 2.24) is 9.62 Å². The van der Waals surface area contributed by atoms with Gasteiger partial charge in [-0.05, 0) is 41.8 Å². The molecule has 0 atom stereocenters. The molecule has 0 fully saturated rings. The molecule has 1 aliphatic heterocycles. The molecular weight excluding hydrogens is 340 g/mol. The minimum Gasteiger partial charge on any atom is -0.497 e. The molecule has 6 nitrogen and oxygen atoms in total. The summed E-state index contributed by atoms with van der Waals surface area (Å²) in [6, 6.07) is 14.0. The van der Waals surface area contributed by atoms with Crippen molar-refractivity contribution < 1.29 is 17.9 Å². The van der Waals surface area contributed by atoms with Crippen LogP contribution in [0, 0.1) is 0 Å². The molecule has 0 bridgehead atoms. The van der Waals surface area contributed by atoms with Crippen LogP contribution in [0.2, 0.25) is 0 Å². The first-order chi connectivity index (χ1) is 12.0. The molecule has 1 aliphatic rings. The van der Waals surface area contributed by atoms with Crippen LogP contribution < -0.4 is 9.46 Å². The van der Waals surface area contributed by atoms with Crippen LogP contribution in [0.3, 0.4) is 0 Å². The Labute approximate surface area is 147 Å². The lowest BCUT2D eigenvalue weighted by Gasteiger charge is -2.29. The van der Waals surface area contributed by atoms with Gasteiger partial charge >= 0.3 is 0 Å². The first-order valence-corrected chi connectivity index (χ1v) is 9.46. The average Bonchev–Trinajstić information content (AvgIpc) is 2.65. The number of benzene rings is 2. The number of sulfonamides is 1. The molecule has 2 aromatic carbocycles. The first kappa shape index (κ1) is 17.4. The molecule has 7 heteroatoms. The maximum absolute atomic E-state index is 12.4. The molecule has 0 saturated carbocycles. The molecule has 0 spiro atoms. The van der Waals surface area contributed by atoms with Gasteiger partial charge in [0.15, 0.2) is 0 Å². The number of ether oxygens (including phenoxy) is 1. The molecule has 2 aromatic rings. The van der Waals surface area contributed by atoms with E-state index >= 15 is 0 Å². The van der Waals surface area contributed by atoms with E-state index in [0.717, 1.165) is 12.0 Å². The van der Waals surface area contributed by atoms with Gasteiger partial charge in [-0.15, -0.1) is 0 Å². The number of methoxy groups -OCH3 is 1. The average molecular weight is 360 g/mol. The largest absolute Gasteiger partial charge is 0.497 e. The summed E-state index contributed by atoms with van der Waals surface area (Å²) < 4.78 is 32.0. The standard InChI is InChI=1S/C18H20N2O4S/c1-24-16-6-8-17(9-7-16)25(22,23)19-12-18(21)20-11-10-14-4-2-3-5-15(14)13-20/h2-9,19H,10-13H2,1H3. The van der Waals surface area contributed by atoms with Crippen molar-refractivity contribution in [2.24, 2.45) is 0 Å². The summed E-state index contributed by atoms with van der Waals surface area (Å²) in [4.78, 5) is 14.1. The van der Waals surface area contributed by atoms with Crippen molar-refractivity contribution in [3.05, 3.63) is 59.7 Å². The van der Waals surface area contributed by atoms with Gasteiger partial charge in [-0.3, -0.25) is 4.79 Å². The Kier molecular flexibility index (Phi) is 5.06. The van der Waals surface area contributed by atoms with E-state index < -0.39 is 10.0 Å². The summed E-state index contributed by atoms with van der Waals surface area (Å²) in [5, 5.41) is 0. The van der Waals surface area contributed by atoms with Gasteiger partial charge in [0, 0.05) is 13.1 Å². The minimum atomic E-state index is -3.73. The summed E-state index contributed by atoms with van der Waals surface area (Å²) in [7, 11) is -2.22. The molecule has 1 amide bonds. The number of rotatable bonds is 5. The highest BCUT2D eigenvalue weighted by atomic mass is 32.2. The molecule has 25 heavy (non-hydrogen) atoms. The predicted molar refractivity (Wildman–Crippen MR) is 93.7 cm³/mol. The fourth-order valence-electron chi connectivity index (χ4n) is 2.82. The van der Waals surface area contributed by atoms with E-state index in [0.29, 0.717) is 18.8 Å². The fourth-order valence-corrected chi connectivity index (χ4v) is 3.79. The Morgan fingerprint density at radius 2 is 1.80 bits per heavy atom. The third-order valence-electron chi connectivity index (χ3n) is 4.27. The predicted octanol–water partition coefficient (Wildman–Crippen LogP) is 1.56. The van der Waals surface area contributed by atoms with Gasteiger partial charge in [0.05, 0.1) is 18.6 Å². The van der Waals surface area contributed by atoms with E-state index in [9.17, 15) is 13.2 Å². The number of hydrogen-bond donors (Lipinski definition) is 1. The van der Waals surface area contributed by atoms with Gasteiger partial charge in [0.1, 0.15) is 5.75 Å². The number of carbonyl (C=O) groups is 1. The molecule has 0 aromatic heterocycles. The third-order valence-corrected chi connectivity index (χ3v) is 5.68. The highest BCUT2D eigenvalue weighted by molar-refractivity contribution is 7.89. The lowest BCUT2D eigenvalue weighted by molar-refractivity contribution is -0.130. The second-order valence-corrected chi connectivity index (χ2v) is 7.60. The van der Waals surface area contributed by atoms with Gasteiger partial charge in [0.25, 0.3) is 0 Å². The summed E-state index contributed by atoms with van der Waals surface area (Å²) >= 11 is 0. The second-order valence-electron chi connectivity index (χ2n) is 5.83. The molecule has 0 unspecified atom stereocenters. The number of nitrogens with one attached hydrogen (secondary N) is 1. The van der Waals surface area contributed by atoms with Crippen LogP contribution in [0.15, 0.2) is 53.4 Å². The Bertz CT molecular complexity index is 863. The van der Waals surface area contributed by atoms with Crippen LogP contribution in [-0.2, 0) is 27.8 Å². The van der Waals surface area contributed by atoms with Crippen molar-refractivity contribution in [3.8, 4) is 5.75 Å². The number of amides is 1. The topological polar surface area (TPSA) is 75.7 Å². The lowest BCUT2D eigenvalue weighted by Crippen LogP contribution is -2.42. The smallest absolute Gasteiger partial charge is 0.241 e. The Morgan fingerprint density at radius 1 is 1.12 bits per heavy atom. The van der Waals surface area contributed by atoms with Crippen LogP contribution in [0.25, 0.3) is 0 Å². The molecule has 1 N–H and O–H groups in total. The molecular formula is C18H20N2O4S. The van der Waals surface area contributed by atoms with Gasteiger partial charge in [-0.1, -0.05) is 24.3 Å². The van der Waals surface area contributed by atoms with E-state index in [4.69, 9.17) is 4.74 Å². The Morgan fingerprint density at radius 3 is 2.48 bits per heavy atom. The molecule has 132 valence electrons. The van der Waals surface area contributed by atoms with Crippen molar-refractivity contribution in [1.29, 1.82) is 0 Å². The summed E-state index contributed by atoms with van der Waals surface area (Å²) in [6.45, 7) is 0.857. The number of carbonyl (C=O) groups excluding carboxylic acids is 1. The van der Waals surface area contributed by atoms with E-state index in [2.05, 4.69) is 10.8 Å². The van der Waals surface area contributed by atoms with E-state index in [-0.39, 0.29) is 17.3 Å². The van der Waals surface area contributed by atoms with Crippen molar-refractivity contribution in [2.45, 2.75) is 17.9 Å². The normalized spacial score (nSPS) is 14.0. The van der Waals surface area contributed by atoms with Gasteiger partial charge in [-0.2, -0.15) is 0 Å². The van der Waals surface area contributed by atoms with Gasteiger partial charge < -0.3 is 9.64 Å². The van der Waals surface area contributed by atoms with Crippen molar-refractivity contribution in [2.75, 3.05) is 20.2 Å². The molecule has 0 saturated heterocycles.